The van der Waals surface area contributed by atoms with Crippen LogP contribution in [0.1, 0.15) is 56.2 Å². The zero-order valence-electron chi connectivity index (χ0n) is 10.1. The quantitative estimate of drug-likeness (QED) is 0.866. The summed E-state index contributed by atoms with van der Waals surface area (Å²) >= 11 is 0. The molecule has 2 atom stereocenters. The van der Waals surface area contributed by atoms with Gasteiger partial charge in [-0.3, -0.25) is 0 Å². The standard InChI is InChI=1S/C13H19N3O/c1-2-4-10-9(3-1)12(10)13-15-11(16-17-13)7-14-8-5-6-8/h8-10,12,14H,1-7H2. The summed E-state index contributed by atoms with van der Waals surface area (Å²) in [6, 6.07) is 0.709. The van der Waals surface area contributed by atoms with Crippen LogP contribution in [0.4, 0.5) is 0 Å². The van der Waals surface area contributed by atoms with Gasteiger partial charge in [-0.25, -0.2) is 0 Å². The summed E-state index contributed by atoms with van der Waals surface area (Å²) in [5.74, 6) is 4.06. The topological polar surface area (TPSA) is 51.0 Å². The van der Waals surface area contributed by atoms with E-state index in [1.54, 1.807) is 0 Å². The molecule has 3 aliphatic carbocycles. The highest BCUT2D eigenvalue weighted by Crippen LogP contribution is 2.60. The van der Waals surface area contributed by atoms with Crippen LogP contribution in [0, 0.1) is 11.8 Å². The van der Waals surface area contributed by atoms with Crippen molar-refractivity contribution in [2.45, 2.75) is 57.0 Å². The van der Waals surface area contributed by atoms with Gasteiger partial charge in [-0.05, 0) is 37.5 Å². The molecule has 1 aromatic rings. The molecule has 0 aliphatic heterocycles. The molecule has 0 radical (unpaired) electrons. The van der Waals surface area contributed by atoms with Crippen LogP contribution in [0.2, 0.25) is 0 Å². The van der Waals surface area contributed by atoms with Gasteiger partial charge in [0, 0.05) is 12.0 Å². The van der Waals surface area contributed by atoms with Crippen LogP contribution in [0.3, 0.4) is 0 Å². The molecule has 3 saturated carbocycles. The number of fused-ring (bicyclic) bond motifs is 1. The Labute approximate surface area is 101 Å². The predicted molar refractivity (Wildman–Crippen MR) is 62.3 cm³/mol. The average Bonchev–Trinajstić information content (AvgIpc) is 3.26. The number of nitrogens with one attached hydrogen (secondary N) is 1. The Hall–Kier alpha value is -0.900. The normalized spacial score (nSPS) is 35.6. The molecule has 0 bridgehead atoms. The number of aromatic nitrogens is 2. The fourth-order valence-electron chi connectivity index (χ4n) is 3.36. The summed E-state index contributed by atoms with van der Waals surface area (Å²) in [5, 5.41) is 7.51. The van der Waals surface area contributed by atoms with E-state index < -0.39 is 0 Å². The van der Waals surface area contributed by atoms with Gasteiger partial charge in [0.1, 0.15) is 0 Å². The minimum absolute atomic E-state index is 0.597. The molecule has 3 fully saturated rings. The van der Waals surface area contributed by atoms with Crippen molar-refractivity contribution in [3.8, 4) is 0 Å². The first-order valence-electron chi connectivity index (χ1n) is 6.97. The van der Waals surface area contributed by atoms with Crippen LogP contribution in [0.5, 0.6) is 0 Å². The second-order valence-corrected chi connectivity index (χ2v) is 5.84. The molecule has 1 N–H and O–H groups in total. The van der Waals surface area contributed by atoms with E-state index in [0.29, 0.717) is 12.0 Å². The lowest BCUT2D eigenvalue weighted by Crippen LogP contribution is -2.16. The Morgan fingerprint density at radius 3 is 2.59 bits per heavy atom. The SMILES string of the molecule is C1CCC2C(C1)C2c1nc(CNC2CC2)no1. The summed E-state index contributed by atoms with van der Waals surface area (Å²) in [7, 11) is 0. The van der Waals surface area contributed by atoms with Crippen molar-refractivity contribution in [1.82, 2.24) is 15.5 Å². The molecule has 3 aliphatic rings. The number of nitrogens with zero attached hydrogens (tertiary/aromatic N) is 2. The van der Waals surface area contributed by atoms with Gasteiger partial charge in [0.2, 0.25) is 5.89 Å². The highest BCUT2D eigenvalue weighted by atomic mass is 16.5. The smallest absolute Gasteiger partial charge is 0.230 e. The molecule has 1 aromatic heterocycles. The molecule has 4 rings (SSSR count). The fraction of sp³-hybridized carbons (Fsp3) is 0.846. The first kappa shape index (κ1) is 10.1. The first-order chi connectivity index (χ1) is 8.42. The van der Waals surface area contributed by atoms with Crippen LogP contribution in [-0.2, 0) is 6.54 Å². The van der Waals surface area contributed by atoms with Gasteiger partial charge in [0.25, 0.3) is 0 Å². The van der Waals surface area contributed by atoms with Gasteiger partial charge in [-0.2, -0.15) is 4.98 Å². The van der Waals surface area contributed by atoms with E-state index >= 15 is 0 Å². The largest absolute Gasteiger partial charge is 0.339 e. The molecular weight excluding hydrogens is 214 g/mol. The maximum atomic E-state index is 5.43. The van der Waals surface area contributed by atoms with Crippen molar-refractivity contribution in [2.24, 2.45) is 11.8 Å². The van der Waals surface area contributed by atoms with Crippen molar-refractivity contribution in [3.63, 3.8) is 0 Å². The van der Waals surface area contributed by atoms with Crippen LogP contribution in [-0.4, -0.2) is 16.2 Å². The lowest BCUT2D eigenvalue weighted by atomic mass is 10.0. The Morgan fingerprint density at radius 2 is 1.88 bits per heavy atom. The van der Waals surface area contributed by atoms with Gasteiger partial charge in [0.15, 0.2) is 5.82 Å². The second-order valence-electron chi connectivity index (χ2n) is 5.84. The highest BCUT2D eigenvalue weighted by molar-refractivity contribution is 5.14. The van der Waals surface area contributed by atoms with Crippen LogP contribution < -0.4 is 5.32 Å². The first-order valence-corrected chi connectivity index (χ1v) is 6.97. The zero-order valence-corrected chi connectivity index (χ0v) is 10.1. The Balaban J connectivity index is 1.40. The predicted octanol–water partition coefficient (Wildman–Crippen LogP) is 2.23. The molecule has 0 amide bonds. The third kappa shape index (κ3) is 1.88. The third-order valence-electron chi connectivity index (χ3n) is 4.55. The van der Waals surface area contributed by atoms with E-state index in [-0.39, 0.29) is 0 Å². The van der Waals surface area contributed by atoms with Gasteiger partial charge < -0.3 is 9.84 Å². The number of rotatable bonds is 4. The minimum atomic E-state index is 0.597. The van der Waals surface area contributed by atoms with Gasteiger partial charge in [-0.1, -0.05) is 18.0 Å². The summed E-state index contributed by atoms with van der Waals surface area (Å²) in [5.41, 5.74) is 0. The Morgan fingerprint density at radius 1 is 1.12 bits per heavy atom. The summed E-state index contributed by atoms with van der Waals surface area (Å²) in [4.78, 5) is 4.56. The monoisotopic (exact) mass is 233 g/mol. The van der Waals surface area contributed by atoms with Crippen molar-refractivity contribution in [2.75, 3.05) is 0 Å². The maximum Gasteiger partial charge on any atom is 0.230 e. The van der Waals surface area contributed by atoms with E-state index in [1.165, 1.54) is 38.5 Å². The Kier molecular flexibility index (Phi) is 2.25. The molecule has 4 nitrogen and oxygen atoms in total. The molecule has 17 heavy (non-hydrogen) atoms. The Bertz CT molecular complexity index is 401. The highest BCUT2D eigenvalue weighted by Gasteiger charge is 2.54. The van der Waals surface area contributed by atoms with Crippen LogP contribution >= 0.6 is 0 Å². The summed E-state index contributed by atoms with van der Waals surface area (Å²) in [6.07, 6.45) is 8.12. The second kappa shape index (κ2) is 3.80. The van der Waals surface area contributed by atoms with Crippen molar-refractivity contribution >= 4 is 0 Å². The fourth-order valence-corrected chi connectivity index (χ4v) is 3.36. The lowest BCUT2D eigenvalue weighted by Gasteiger charge is -2.04. The molecule has 0 spiro atoms. The molecule has 92 valence electrons. The van der Waals surface area contributed by atoms with E-state index in [0.717, 1.165) is 30.1 Å². The van der Waals surface area contributed by atoms with E-state index in [9.17, 15) is 0 Å². The van der Waals surface area contributed by atoms with Crippen LogP contribution in [0.25, 0.3) is 0 Å². The van der Waals surface area contributed by atoms with Gasteiger partial charge in [-0.15, -0.1) is 0 Å². The van der Waals surface area contributed by atoms with Gasteiger partial charge >= 0.3 is 0 Å². The van der Waals surface area contributed by atoms with Crippen molar-refractivity contribution in [1.29, 1.82) is 0 Å². The molecule has 0 aromatic carbocycles. The third-order valence-corrected chi connectivity index (χ3v) is 4.55. The molecular formula is C13H19N3O. The van der Waals surface area contributed by atoms with Crippen molar-refractivity contribution < 1.29 is 4.52 Å². The summed E-state index contributed by atoms with van der Waals surface area (Å²) < 4.78 is 5.43. The lowest BCUT2D eigenvalue weighted by molar-refractivity contribution is 0.366. The van der Waals surface area contributed by atoms with Crippen LogP contribution in [0.15, 0.2) is 4.52 Å². The van der Waals surface area contributed by atoms with E-state index in [1.807, 2.05) is 0 Å². The summed E-state index contributed by atoms with van der Waals surface area (Å²) in [6.45, 7) is 0.774. The number of hydrogen-bond donors (Lipinski definition) is 1. The molecule has 0 saturated heterocycles. The molecule has 4 heteroatoms. The number of hydrogen-bond acceptors (Lipinski definition) is 4. The van der Waals surface area contributed by atoms with Gasteiger partial charge in [0.05, 0.1) is 6.54 Å². The zero-order chi connectivity index (χ0) is 11.2. The average molecular weight is 233 g/mol. The molecule has 2 unspecified atom stereocenters. The minimum Gasteiger partial charge on any atom is -0.339 e. The van der Waals surface area contributed by atoms with Crippen molar-refractivity contribution in [3.05, 3.63) is 11.7 Å². The molecule has 1 heterocycles. The van der Waals surface area contributed by atoms with E-state index in [2.05, 4.69) is 15.5 Å². The van der Waals surface area contributed by atoms with E-state index in [4.69, 9.17) is 4.52 Å². The maximum absolute atomic E-state index is 5.43.